The van der Waals surface area contributed by atoms with E-state index in [0.29, 0.717) is 6.61 Å². The van der Waals surface area contributed by atoms with Gasteiger partial charge in [-0.05, 0) is 35.2 Å². The number of non-ortho nitro benzene ring substituents is 1. The number of rotatable bonds is 6. The zero-order chi connectivity index (χ0) is 19.4. The molecule has 0 amide bonds. The summed E-state index contributed by atoms with van der Waals surface area (Å²) in [4.78, 5) is 14.8. The average molecular weight is 365 g/mol. The van der Waals surface area contributed by atoms with Gasteiger partial charge in [-0.1, -0.05) is 32.9 Å². The molecule has 0 saturated heterocycles. The van der Waals surface area contributed by atoms with Crippen LogP contribution in [0.3, 0.4) is 0 Å². The molecule has 3 aromatic rings. The summed E-state index contributed by atoms with van der Waals surface area (Å²) in [5.41, 5.74) is 1.91. The molecular formula is C21H23N3O3. The molecular weight excluding hydrogens is 342 g/mol. The SMILES string of the molecule is CC(C)(C)[C@H](COc1ccc(-n2ccnc2)cc1)c1cccc([N+](=O)[O-])c1. The summed E-state index contributed by atoms with van der Waals surface area (Å²) in [5.74, 6) is 0.782. The first-order valence-corrected chi connectivity index (χ1v) is 8.80. The molecule has 0 N–H and O–H groups in total. The van der Waals surface area contributed by atoms with Crippen molar-refractivity contribution in [1.29, 1.82) is 0 Å². The van der Waals surface area contributed by atoms with Crippen molar-refractivity contribution in [3.63, 3.8) is 0 Å². The summed E-state index contributed by atoms with van der Waals surface area (Å²) >= 11 is 0. The molecule has 0 spiro atoms. The number of nitro benzene ring substituents is 1. The van der Waals surface area contributed by atoms with Gasteiger partial charge in [0.25, 0.3) is 5.69 Å². The largest absolute Gasteiger partial charge is 0.493 e. The van der Waals surface area contributed by atoms with Crippen LogP contribution in [-0.2, 0) is 0 Å². The second-order valence-corrected chi connectivity index (χ2v) is 7.55. The van der Waals surface area contributed by atoms with Crippen molar-refractivity contribution in [2.24, 2.45) is 5.41 Å². The summed E-state index contributed by atoms with van der Waals surface area (Å²) in [5, 5.41) is 11.1. The van der Waals surface area contributed by atoms with Crippen molar-refractivity contribution in [2.75, 3.05) is 6.61 Å². The fourth-order valence-electron chi connectivity index (χ4n) is 3.01. The molecule has 0 saturated carbocycles. The van der Waals surface area contributed by atoms with Crippen molar-refractivity contribution in [3.8, 4) is 11.4 Å². The second-order valence-electron chi connectivity index (χ2n) is 7.55. The van der Waals surface area contributed by atoms with Gasteiger partial charge in [0.05, 0.1) is 17.9 Å². The predicted octanol–water partition coefficient (Wildman–Crippen LogP) is 4.99. The number of ether oxygens (including phenoxy) is 1. The fraction of sp³-hybridized carbons (Fsp3) is 0.286. The molecule has 0 fully saturated rings. The van der Waals surface area contributed by atoms with Crippen LogP contribution in [0.2, 0.25) is 0 Å². The van der Waals surface area contributed by atoms with Gasteiger partial charge in [-0.15, -0.1) is 0 Å². The normalized spacial score (nSPS) is 12.6. The van der Waals surface area contributed by atoms with Crippen molar-refractivity contribution in [2.45, 2.75) is 26.7 Å². The molecule has 6 nitrogen and oxygen atoms in total. The molecule has 1 atom stereocenters. The minimum Gasteiger partial charge on any atom is -0.493 e. The summed E-state index contributed by atoms with van der Waals surface area (Å²) in [7, 11) is 0. The topological polar surface area (TPSA) is 70.2 Å². The lowest BCUT2D eigenvalue weighted by Crippen LogP contribution is -2.24. The Labute approximate surface area is 158 Å². The zero-order valence-corrected chi connectivity index (χ0v) is 15.7. The second kappa shape index (κ2) is 7.61. The molecule has 0 aliphatic rings. The maximum Gasteiger partial charge on any atom is 0.269 e. The maximum absolute atomic E-state index is 11.1. The lowest BCUT2D eigenvalue weighted by atomic mass is 9.77. The van der Waals surface area contributed by atoms with Gasteiger partial charge >= 0.3 is 0 Å². The standard InChI is InChI=1S/C21H23N3O3/c1-21(2,3)20(16-5-4-6-18(13-16)24(25)26)14-27-19-9-7-17(8-10-19)23-12-11-22-15-23/h4-13,15,20H,14H2,1-3H3/t20-/m1/s1. The van der Waals surface area contributed by atoms with Crippen molar-refractivity contribution >= 4 is 5.69 Å². The van der Waals surface area contributed by atoms with Crippen molar-refractivity contribution in [3.05, 3.63) is 82.9 Å². The van der Waals surface area contributed by atoms with E-state index in [9.17, 15) is 10.1 Å². The van der Waals surface area contributed by atoms with Crippen LogP contribution in [0.4, 0.5) is 5.69 Å². The number of benzene rings is 2. The number of nitro groups is 1. The highest BCUT2D eigenvalue weighted by Crippen LogP contribution is 2.36. The molecule has 2 aromatic carbocycles. The van der Waals surface area contributed by atoms with E-state index in [0.717, 1.165) is 17.0 Å². The molecule has 1 heterocycles. The predicted molar refractivity (Wildman–Crippen MR) is 104 cm³/mol. The minimum absolute atomic E-state index is 0.0192. The summed E-state index contributed by atoms with van der Waals surface area (Å²) in [6.07, 6.45) is 5.36. The van der Waals surface area contributed by atoms with Gasteiger partial charge in [0.15, 0.2) is 0 Å². The van der Waals surface area contributed by atoms with Crippen LogP contribution in [0.1, 0.15) is 32.3 Å². The first-order chi connectivity index (χ1) is 12.8. The van der Waals surface area contributed by atoms with Gasteiger partial charge in [0.1, 0.15) is 5.75 Å². The molecule has 6 heteroatoms. The van der Waals surface area contributed by atoms with Gasteiger partial charge in [0.2, 0.25) is 0 Å². The van der Waals surface area contributed by atoms with Gasteiger partial charge in [-0.2, -0.15) is 0 Å². The van der Waals surface area contributed by atoms with Gasteiger partial charge in [-0.25, -0.2) is 4.98 Å². The van der Waals surface area contributed by atoms with E-state index in [1.807, 2.05) is 41.1 Å². The molecule has 0 bridgehead atoms. The Bertz CT molecular complexity index is 897. The van der Waals surface area contributed by atoms with E-state index in [-0.39, 0.29) is 21.9 Å². The van der Waals surface area contributed by atoms with E-state index >= 15 is 0 Å². The zero-order valence-electron chi connectivity index (χ0n) is 15.7. The van der Waals surface area contributed by atoms with E-state index in [1.54, 1.807) is 24.7 Å². The van der Waals surface area contributed by atoms with Crippen LogP contribution in [0.15, 0.2) is 67.3 Å². The van der Waals surface area contributed by atoms with Gasteiger partial charge in [-0.3, -0.25) is 10.1 Å². The molecule has 1 aromatic heterocycles. The molecule has 27 heavy (non-hydrogen) atoms. The summed E-state index contributed by atoms with van der Waals surface area (Å²) < 4.78 is 7.95. The van der Waals surface area contributed by atoms with Crippen LogP contribution in [0, 0.1) is 15.5 Å². The lowest BCUT2D eigenvalue weighted by molar-refractivity contribution is -0.384. The Balaban J connectivity index is 1.76. The van der Waals surface area contributed by atoms with Crippen LogP contribution in [-0.4, -0.2) is 21.1 Å². The number of nitrogens with zero attached hydrogens (tertiary/aromatic N) is 3. The van der Waals surface area contributed by atoms with Gasteiger partial charge < -0.3 is 9.30 Å². The number of aromatic nitrogens is 2. The molecule has 0 unspecified atom stereocenters. The Morgan fingerprint density at radius 1 is 1.19 bits per heavy atom. The minimum atomic E-state index is -0.362. The molecule has 0 radical (unpaired) electrons. The van der Waals surface area contributed by atoms with Crippen LogP contribution >= 0.6 is 0 Å². The van der Waals surface area contributed by atoms with Crippen LogP contribution in [0.25, 0.3) is 5.69 Å². The number of hydrogen-bond donors (Lipinski definition) is 0. The number of imidazole rings is 1. The quantitative estimate of drug-likeness (QED) is 0.456. The average Bonchev–Trinajstić information content (AvgIpc) is 3.16. The van der Waals surface area contributed by atoms with E-state index in [1.165, 1.54) is 6.07 Å². The monoisotopic (exact) mass is 365 g/mol. The van der Waals surface area contributed by atoms with Crippen LogP contribution in [0.5, 0.6) is 5.75 Å². The Kier molecular flexibility index (Phi) is 5.26. The van der Waals surface area contributed by atoms with Crippen molar-refractivity contribution < 1.29 is 9.66 Å². The first kappa shape index (κ1) is 18.6. The van der Waals surface area contributed by atoms with E-state index < -0.39 is 0 Å². The smallest absolute Gasteiger partial charge is 0.269 e. The Hall–Kier alpha value is -3.15. The molecule has 0 aliphatic carbocycles. The fourth-order valence-corrected chi connectivity index (χ4v) is 3.01. The third-order valence-electron chi connectivity index (χ3n) is 4.58. The van der Waals surface area contributed by atoms with E-state index in [4.69, 9.17) is 4.74 Å². The third kappa shape index (κ3) is 4.53. The lowest BCUT2D eigenvalue weighted by Gasteiger charge is -2.31. The third-order valence-corrected chi connectivity index (χ3v) is 4.58. The maximum atomic E-state index is 11.1. The highest BCUT2D eigenvalue weighted by atomic mass is 16.6. The highest BCUT2D eigenvalue weighted by molar-refractivity contribution is 5.38. The van der Waals surface area contributed by atoms with Gasteiger partial charge in [0, 0.05) is 36.1 Å². The Morgan fingerprint density at radius 3 is 2.52 bits per heavy atom. The van der Waals surface area contributed by atoms with Crippen LogP contribution < -0.4 is 4.74 Å². The first-order valence-electron chi connectivity index (χ1n) is 8.80. The highest BCUT2D eigenvalue weighted by Gasteiger charge is 2.28. The summed E-state index contributed by atoms with van der Waals surface area (Å²) in [6, 6.07) is 14.6. The number of hydrogen-bond acceptors (Lipinski definition) is 4. The molecule has 0 aliphatic heterocycles. The van der Waals surface area contributed by atoms with Crippen molar-refractivity contribution in [1.82, 2.24) is 9.55 Å². The van der Waals surface area contributed by atoms with E-state index in [2.05, 4.69) is 25.8 Å². The Morgan fingerprint density at radius 2 is 1.93 bits per heavy atom. The molecule has 3 rings (SSSR count). The molecule has 140 valence electrons. The summed E-state index contributed by atoms with van der Waals surface area (Å²) in [6.45, 7) is 6.78.